The maximum atomic E-state index is 11.9. The van der Waals surface area contributed by atoms with Crippen molar-refractivity contribution in [1.82, 2.24) is 9.55 Å². The molecule has 3 heterocycles. The average Bonchev–Trinajstić information content (AvgIpc) is 3.04. The quantitative estimate of drug-likeness (QED) is 0.510. The number of hydrogen-bond acceptors (Lipinski definition) is 6. The second-order valence-corrected chi connectivity index (χ2v) is 7.15. The fourth-order valence-corrected chi connectivity index (χ4v) is 3.22. The first-order chi connectivity index (χ1) is 12.9. The largest absolute Gasteiger partial charge is 0.419 e. The summed E-state index contributed by atoms with van der Waals surface area (Å²) in [7, 11) is 0. The third kappa shape index (κ3) is 3.58. The summed E-state index contributed by atoms with van der Waals surface area (Å²) in [6, 6.07) is 7.65. The van der Waals surface area contributed by atoms with Gasteiger partial charge in [0, 0.05) is 50.5 Å². The number of nitrogens with one attached hydrogen (secondary N) is 1. The zero-order valence-corrected chi connectivity index (χ0v) is 15.3. The predicted molar refractivity (Wildman–Crippen MR) is 98.6 cm³/mol. The summed E-state index contributed by atoms with van der Waals surface area (Å²) in [5.41, 5.74) is 2.55. The van der Waals surface area contributed by atoms with Crippen LogP contribution in [0.25, 0.3) is 11.3 Å². The third-order valence-electron chi connectivity index (χ3n) is 4.59. The standard InChI is InChI=1S/C20H21N3O4/c1-20(2)26-18(24)15(19(25)27-20)11-21-14-8-6-13(7-9-14)16-12-23-10-4-3-5-17(23)22-16/h6-9,11-12,21H,3-5,10H2,1-2H3. The summed E-state index contributed by atoms with van der Waals surface area (Å²) in [5, 5.41) is 2.94. The first-order valence-corrected chi connectivity index (χ1v) is 9.01. The fraction of sp³-hybridized carbons (Fsp3) is 0.350. The van der Waals surface area contributed by atoms with E-state index in [0.717, 1.165) is 35.7 Å². The number of cyclic esters (lactones) is 2. The average molecular weight is 367 g/mol. The summed E-state index contributed by atoms with van der Waals surface area (Å²) in [6.45, 7) is 4.05. The molecule has 7 heteroatoms. The van der Waals surface area contributed by atoms with Crippen LogP contribution in [-0.2, 0) is 32.0 Å². The van der Waals surface area contributed by atoms with Crippen molar-refractivity contribution in [3.8, 4) is 11.3 Å². The van der Waals surface area contributed by atoms with E-state index < -0.39 is 17.7 Å². The fourth-order valence-electron chi connectivity index (χ4n) is 3.22. The molecule has 2 aliphatic heterocycles. The van der Waals surface area contributed by atoms with Gasteiger partial charge in [0.05, 0.1) is 5.69 Å². The number of ether oxygens (including phenoxy) is 2. The zero-order valence-electron chi connectivity index (χ0n) is 15.3. The van der Waals surface area contributed by atoms with E-state index in [-0.39, 0.29) is 5.57 Å². The topological polar surface area (TPSA) is 82.5 Å². The van der Waals surface area contributed by atoms with Gasteiger partial charge in [0.25, 0.3) is 5.79 Å². The van der Waals surface area contributed by atoms with Gasteiger partial charge in [-0.05, 0) is 25.0 Å². The van der Waals surface area contributed by atoms with Gasteiger partial charge in [-0.15, -0.1) is 0 Å². The van der Waals surface area contributed by atoms with E-state index in [1.807, 2.05) is 24.3 Å². The van der Waals surface area contributed by atoms with Crippen LogP contribution in [0.15, 0.2) is 42.2 Å². The number of rotatable bonds is 3. The Bertz CT molecular complexity index is 880. The number of hydrogen-bond donors (Lipinski definition) is 1. The van der Waals surface area contributed by atoms with Crippen LogP contribution in [0.4, 0.5) is 5.69 Å². The second kappa shape index (κ2) is 6.57. The molecule has 140 valence electrons. The number of fused-ring (bicyclic) bond motifs is 1. The zero-order chi connectivity index (χ0) is 19.0. The molecule has 1 N–H and O–H groups in total. The molecule has 2 aliphatic rings. The molecule has 0 spiro atoms. The van der Waals surface area contributed by atoms with Gasteiger partial charge in [-0.2, -0.15) is 0 Å². The van der Waals surface area contributed by atoms with E-state index in [9.17, 15) is 9.59 Å². The monoisotopic (exact) mass is 367 g/mol. The van der Waals surface area contributed by atoms with E-state index in [1.165, 1.54) is 32.9 Å². The molecule has 1 aromatic heterocycles. The molecule has 0 saturated carbocycles. The van der Waals surface area contributed by atoms with Gasteiger partial charge in [0.1, 0.15) is 5.82 Å². The van der Waals surface area contributed by atoms with Crippen LogP contribution >= 0.6 is 0 Å². The molecule has 0 atom stereocenters. The van der Waals surface area contributed by atoms with Crippen LogP contribution in [0.3, 0.4) is 0 Å². The van der Waals surface area contributed by atoms with E-state index in [1.54, 1.807) is 0 Å². The van der Waals surface area contributed by atoms with Gasteiger partial charge >= 0.3 is 11.9 Å². The highest BCUT2D eigenvalue weighted by Crippen LogP contribution is 2.25. The molecule has 0 bridgehead atoms. The predicted octanol–water partition coefficient (Wildman–Crippen LogP) is 3.02. The molecular formula is C20H21N3O4. The van der Waals surface area contributed by atoms with Crippen molar-refractivity contribution >= 4 is 17.6 Å². The molecule has 2 aromatic rings. The number of esters is 2. The van der Waals surface area contributed by atoms with Crippen LogP contribution < -0.4 is 5.32 Å². The summed E-state index contributed by atoms with van der Waals surface area (Å²) >= 11 is 0. The van der Waals surface area contributed by atoms with Crippen molar-refractivity contribution in [3.05, 3.63) is 48.1 Å². The Labute approximate surface area is 157 Å². The molecule has 0 unspecified atom stereocenters. The maximum Gasteiger partial charge on any atom is 0.350 e. The van der Waals surface area contributed by atoms with Gasteiger partial charge in [-0.3, -0.25) is 0 Å². The minimum absolute atomic E-state index is 0.167. The minimum atomic E-state index is -1.24. The number of carbonyl (C=O) groups excluding carboxylic acids is 2. The number of carbonyl (C=O) groups is 2. The van der Waals surface area contributed by atoms with Crippen LogP contribution in [0, 0.1) is 0 Å². The van der Waals surface area contributed by atoms with E-state index in [2.05, 4.69) is 16.1 Å². The first-order valence-electron chi connectivity index (χ1n) is 9.01. The van der Waals surface area contributed by atoms with Crippen LogP contribution in [0.5, 0.6) is 0 Å². The minimum Gasteiger partial charge on any atom is -0.419 e. The SMILES string of the molecule is CC1(C)OC(=O)C(=CNc2ccc(-c3cn4c(n3)CCCC4)cc2)C(=O)O1. The lowest BCUT2D eigenvalue weighted by Gasteiger charge is -2.29. The molecule has 27 heavy (non-hydrogen) atoms. The van der Waals surface area contributed by atoms with Gasteiger partial charge in [0.2, 0.25) is 0 Å². The molecule has 1 fully saturated rings. The van der Waals surface area contributed by atoms with E-state index in [4.69, 9.17) is 14.5 Å². The smallest absolute Gasteiger partial charge is 0.350 e. The molecule has 7 nitrogen and oxygen atoms in total. The number of nitrogens with zero attached hydrogens (tertiary/aromatic N) is 2. The summed E-state index contributed by atoms with van der Waals surface area (Å²) < 4.78 is 12.3. The highest BCUT2D eigenvalue weighted by molar-refractivity contribution is 6.15. The normalized spacial score (nSPS) is 18.4. The van der Waals surface area contributed by atoms with Crippen LogP contribution in [-0.4, -0.2) is 27.3 Å². The Kier molecular flexibility index (Phi) is 4.22. The lowest BCUT2D eigenvalue weighted by molar-refractivity contribution is -0.222. The lowest BCUT2D eigenvalue weighted by Crippen LogP contribution is -2.42. The van der Waals surface area contributed by atoms with Gasteiger partial charge < -0.3 is 19.4 Å². The summed E-state index contributed by atoms with van der Waals surface area (Å²) in [6.07, 6.45) is 6.81. The van der Waals surface area contributed by atoms with Crippen LogP contribution in [0.2, 0.25) is 0 Å². The van der Waals surface area contributed by atoms with Crippen molar-refractivity contribution < 1.29 is 19.1 Å². The number of benzene rings is 1. The molecule has 0 radical (unpaired) electrons. The third-order valence-corrected chi connectivity index (χ3v) is 4.59. The van der Waals surface area contributed by atoms with Crippen molar-refractivity contribution in [3.63, 3.8) is 0 Å². The number of anilines is 1. The van der Waals surface area contributed by atoms with Gasteiger partial charge in [0.15, 0.2) is 5.57 Å². The van der Waals surface area contributed by atoms with E-state index >= 15 is 0 Å². The Morgan fingerprint density at radius 3 is 2.48 bits per heavy atom. The summed E-state index contributed by atoms with van der Waals surface area (Å²) in [5.74, 6) is -1.51. The number of imidazole rings is 1. The Morgan fingerprint density at radius 1 is 1.11 bits per heavy atom. The molecule has 1 aromatic carbocycles. The number of aryl methyl sites for hydroxylation is 2. The highest BCUT2D eigenvalue weighted by atomic mass is 16.7. The number of aromatic nitrogens is 2. The van der Waals surface area contributed by atoms with Gasteiger partial charge in [-0.1, -0.05) is 12.1 Å². The molecule has 0 amide bonds. The van der Waals surface area contributed by atoms with Crippen LogP contribution in [0.1, 0.15) is 32.5 Å². The molecule has 1 saturated heterocycles. The first kappa shape index (κ1) is 17.3. The van der Waals surface area contributed by atoms with Crippen molar-refractivity contribution in [2.45, 2.75) is 45.4 Å². The molecular weight excluding hydrogens is 346 g/mol. The highest BCUT2D eigenvalue weighted by Gasteiger charge is 2.38. The second-order valence-electron chi connectivity index (χ2n) is 7.15. The van der Waals surface area contributed by atoms with E-state index in [0.29, 0.717) is 0 Å². The van der Waals surface area contributed by atoms with Gasteiger partial charge in [-0.25, -0.2) is 14.6 Å². The lowest BCUT2D eigenvalue weighted by atomic mass is 10.1. The Morgan fingerprint density at radius 2 is 1.81 bits per heavy atom. The molecule has 4 rings (SSSR count). The van der Waals surface area contributed by atoms with Crippen molar-refractivity contribution in [2.24, 2.45) is 0 Å². The molecule has 0 aliphatic carbocycles. The maximum absolute atomic E-state index is 11.9. The Balaban J connectivity index is 1.47. The van der Waals surface area contributed by atoms with Crippen molar-refractivity contribution in [2.75, 3.05) is 5.32 Å². The Hall–Kier alpha value is -3.09. The van der Waals surface area contributed by atoms with Crippen molar-refractivity contribution in [1.29, 1.82) is 0 Å². The summed E-state index contributed by atoms with van der Waals surface area (Å²) in [4.78, 5) is 28.6.